The van der Waals surface area contributed by atoms with Gasteiger partial charge < -0.3 is 5.11 Å². The molecule has 0 saturated heterocycles. The van der Waals surface area contributed by atoms with E-state index in [4.69, 9.17) is 9.97 Å². The van der Waals surface area contributed by atoms with Gasteiger partial charge in [0.15, 0.2) is 0 Å². The minimum atomic E-state index is -0.329. The van der Waals surface area contributed by atoms with Crippen LogP contribution in [0.15, 0.2) is 140 Å². The van der Waals surface area contributed by atoms with Crippen molar-refractivity contribution in [2.24, 2.45) is 0 Å². The van der Waals surface area contributed by atoms with Crippen molar-refractivity contribution in [3.05, 3.63) is 167 Å². The van der Waals surface area contributed by atoms with Gasteiger partial charge >= 0.3 is 0 Å². The van der Waals surface area contributed by atoms with Crippen LogP contribution < -0.4 is 0 Å². The Morgan fingerprint density at radius 2 is 1.05 bits per heavy atom. The van der Waals surface area contributed by atoms with Gasteiger partial charge in [-0.2, -0.15) is 0 Å². The van der Waals surface area contributed by atoms with Crippen LogP contribution in [0.1, 0.15) is 131 Å². The number of phenols is 1. The third-order valence-electron chi connectivity index (χ3n) is 12.9. The lowest BCUT2D eigenvalue weighted by molar-refractivity contribution is 0.446. The van der Waals surface area contributed by atoms with Gasteiger partial charge in [-0.1, -0.05) is 188 Å². The number of phenolic OH excluding ortho intramolecular Hbond substituents is 1. The maximum atomic E-state index is 12.7. The molecular weight excluding hydrogens is 791 g/mol. The maximum Gasteiger partial charge on any atom is 0.149 e. The van der Waals surface area contributed by atoms with Crippen LogP contribution in [0, 0.1) is 0 Å². The van der Waals surface area contributed by atoms with E-state index >= 15 is 0 Å². The molecule has 0 saturated carbocycles. The first kappa shape index (κ1) is 45.3. The summed E-state index contributed by atoms with van der Waals surface area (Å²) in [6.45, 7) is 31.6. The van der Waals surface area contributed by atoms with Crippen molar-refractivity contribution in [1.29, 1.82) is 0 Å². The molecule has 2 heterocycles. The number of pyridine rings is 1. The Bertz CT molecular complexity index is 3030. The quantitative estimate of drug-likeness (QED) is 0.174. The van der Waals surface area contributed by atoms with Gasteiger partial charge in [0.05, 0.1) is 28.0 Å². The summed E-state index contributed by atoms with van der Waals surface area (Å²) in [6.07, 6.45) is 1.92. The van der Waals surface area contributed by atoms with E-state index in [9.17, 15) is 5.11 Å². The summed E-state index contributed by atoms with van der Waals surface area (Å²) < 4.78 is 2.37. The van der Waals surface area contributed by atoms with Crippen LogP contribution in [0.3, 0.4) is 0 Å². The minimum absolute atomic E-state index is 0.0924. The molecule has 6 aromatic carbocycles. The Labute approximate surface area is 388 Å². The van der Waals surface area contributed by atoms with Gasteiger partial charge in [-0.25, -0.2) is 4.98 Å². The molecule has 0 aliphatic carbocycles. The summed E-state index contributed by atoms with van der Waals surface area (Å²) in [6, 6.07) is 48.2. The van der Waals surface area contributed by atoms with Crippen molar-refractivity contribution < 1.29 is 5.11 Å². The lowest BCUT2D eigenvalue weighted by atomic mass is 9.78. The highest BCUT2D eigenvalue weighted by atomic mass is 16.3. The first-order valence-corrected chi connectivity index (χ1v) is 23.3. The standard InChI is InChI=1S/C61H67N3O/c1-38(2)48-34-45(59(6,7)8)35-49(40-24-19-16-20-25-40)55(48)64-53-27-21-26-47(54(53)63-57(64)50-36-46(60(9,10)11)37-51(56(50)65)61(12,13)14)42-30-43(32-44(31-42)58(3,4)5)52-33-41(28-29-62-52)39-22-17-15-18-23-39/h15-38,65H,1-14H3. The van der Waals surface area contributed by atoms with Gasteiger partial charge in [0.25, 0.3) is 0 Å². The maximum absolute atomic E-state index is 12.7. The molecule has 0 amide bonds. The number of hydrogen-bond donors (Lipinski definition) is 1. The average Bonchev–Trinajstić information content (AvgIpc) is 3.64. The number of nitrogens with zero attached hydrogens (tertiary/aromatic N) is 3. The first-order valence-electron chi connectivity index (χ1n) is 23.3. The van der Waals surface area contributed by atoms with Crippen LogP contribution in [-0.2, 0) is 21.7 Å². The smallest absolute Gasteiger partial charge is 0.149 e. The fraction of sp³-hybridized carbons (Fsp3) is 0.311. The lowest BCUT2D eigenvalue weighted by Gasteiger charge is -2.29. The van der Waals surface area contributed by atoms with Crippen molar-refractivity contribution in [2.75, 3.05) is 0 Å². The second-order valence-electron chi connectivity index (χ2n) is 22.4. The Morgan fingerprint density at radius 1 is 0.477 bits per heavy atom. The third kappa shape index (κ3) is 8.93. The van der Waals surface area contributed by atoms with Gasteiger partial charge in [-0.3, -0.25) is 9.55 Å². The molecule has 0 aliphatic rings. The van der Waals surface area contributed by atoms with Gasteiger partial charge in [0.1, 0.15) is 11.6 Å². The van der Waals surface area contributed by atoms with Crippen LogP contribution >= 0.6 is 0 Å². The van der Waals surface area contributed by atoms with Gasteiger partial charge in [-0.15, -0.1) is 0 Å². The zero-order valence-corrected chi connectivity index (χ0v) is 41.1. The lowest BCUT2D eigenvalue weighted by Crippen LogP contribution is -2.17. The Kier molecular flexibility index (Phi) is 11.6. The number of hydrogen-bond acceptors (Lipinski definition) is 3. The summed E-state index contributed by atoms with van der Waals surface area (Å²) in [5.41, 5.74) is 17.3. The zero-order chi connectivity index (χ0) is 46.8. The Morgan fingerprint density at radius 3 is 1.65 bits per heavy atom. The van der Waals surface area contributed by atoms with Crippen molar-refractivity contribution >= 4 is 11.0 Å². The SMILES string of the molecule is CC(C)c1cc(C(C)(C)C)cc(-c2ccccc2)c1-n1c(-c2cc(C(C)(C)C)cc(C(C)(C)C)c2O)nc2c(-c3cc(-c4cc(-c5ccccc5)ccn4)cc(C(C)(C)C)c3)cccc21. The number of fused-ring (bicyclic) bond motifs is 1. The summed E-state index contributed by atoms with van der Waals surface area (Å²) >= 11 is 0. The summed E-state index contributed by atoms with van der Waals surface area (Å²) in [5, 5.41) is 12.7. The van der Waals surface area contributed by atoms with E-state index in [0.717, 1.165) is 78.0 Å². The van der Waals surface area contributed by atoms with E-state index < -0.39 is 0 Å². The molecule has 0 radical (unpaired) electrons. The molecule has 0 bridgehead atoms. The average molecular weight is 858 g/mol. The molecule has 0 aliphatic heterocycles. The molecule has 2 aromatic heterocycles. The van der Waals surface area contributed by atoms with Crippen LogP contribution in [0.2, 0.25) is 0 Å². The highest BCUT2D eigenvalue weighted by Gasteiger charge is 2.31. The highest BCUT2D eigenvalue weighted by Crippen LogP contribution is 2.48. The molecule has 65 heavy (non-hydrogen) atoms. The number of benzene rings is 6. The zero-order valence-electron chi connectivity index (χ0n) is 41.1. The fourth-order valence-corrected chi connectivity index (χ4v) is 8.93. The van der Waals surface area contributed by atoms with Gasteiger partial charge in [0.2, 0.25) is 0 Å². The van der Waals surface area contributed by atoms with Crippen molar-refractivity contribution in [1.82, 2.24) is 14.5 Å². The number of rotatable bonds is 7. The Hall–Kier alpha value is -6.26. The van der Waals surface area contributed by atoms with Gasteiger partial charge in [-0.05, 0) is 115 Å². The molecule has 0 spiro atoms. The predicted octanol–water partition coefficient (Wildman–Crippen LogP) is 16.8. The summed E-state index contributed by atoms with van der Waals surface area (Å²) in [7, 11) is 0. The number of aromatic nitrogens is 3. The van der Waals surface area contributed by atoms with E-state index in [0.29, 0.717) is 5.82 Å². The molecule has 0 unspecified atom stereocenters. The topological polar surface area (TPSA) is 50.9 Å². The molecular formula is C61H67N3O. The molecule has 1 N–H and O–H groups in total. The summed E-state index contributed by atoms with van der Waals surface area (Å²) in [5.74, 6) is 1.16. The van der Waals surface area contributed by atoms with E-state index in [-0.39, 0.29) is 33.3 Å². The van der Waals surface area contributed by atoms with Crippen LogP contribution in [0.4, 0.5) is 0 Å². The molecule has 8 aromatic rings. The Balaban J connectivity index is 1.52. The fourth-order valence-electron chi connectivity index (χ4n) is 8.93. The van der Waals surface area contributed by atoms with Crippen molar-refractivity contribution in [2.45, 2.75) is 125 Å². The number of imidazole rings is 1. The number of para-hydroxylation sites is 1. The van der Waals surface area contributed by atoms with E-state index in [1.165, 1.54) is 16.7 Å². The molecule has 4 heteroatoms. The second kappa shape index (κ2) is 16.6. The molecule has 0 fully saturated rings. The molecule has 4 nitrogen and oxygen atoms in total. The predicted molar refractivity (Wildman–Crippen MR) is 277 cm³/mol. The third-order valence-corrected chi connectivity index (χ3v) is 12.9. The largest absolute Gasteiger partial charge is 0.507 e. The minimum Gasteiger partial charge on any atom is -0.507 e. The van der Waals surface area contributed by atoms with Crippen LogP contribution in [0.25, 0.3) is 72.7 Å². The van der Waals surface area contributed by atoms with Crippen molar-refractivity contribution in [3.8, 4) is 67.5 Å². The molecule has 0 atom stereocenters. The summed E-state index contributed by atoms with van der Waals surface area (Å²) in [4.78, 5) is 10.7. The van der Waals surface area contributed by atoms with Crippen molar-refractivity contribution in [3.63, 3.8) is 0 Å². The molecule has 332 valence electrons. The molecule has 8 rings (SSSR count). The number of aromatic hydroxyl groups is 1. The second-order valence-corrected chi connectivity index (χ2v) is 22.4. The monoisotopic (exact) mass is 858 g/mol. The van der Waals surface area contributed by atoms with Crippen LogP contribution in [-0.4, -0.2) is 19.6 Å². The normalized spacial score (nSPS) is 12.7. The van der Waals surface area contributed by atoms with Crippen LogP contribution in [0.5, 0.6) is 5.75 Å². The highest BCUT2D eigenvalue weighted by molar-refractivity contribution is 5.98. The van der Waals surface area contributed by atoms with E-state index in [1.807, 2.05) is 6.20 Å². The van der Waals surface area contributed by atoms with E-state index in [1.54, 1.807) is 0 Å². The van der Waals surface area contributed by atoms with E-state index in [2.05, 4.69) is 235 Å². The first-order chi connectivity index (χ1) is 30.5. The van der Waals surface area contributed by atoms with Gasteiger partial charge in [0, 0.05) is 28.5 Å².